The van der Waals surface area contributed by atoms with Gasteiger partial charge in [0.05, 0.1) is 18.6 Å². The van der Waals surface area contributed by atoms with Gasteiger partial charge in [-0.2, -0.15) is 0 Å². The first-order valence-electron chi connectivity index (χ1n) is 12.9. The van der Waals surface area contributed by atoms with Crippen LogP contribution in [0.25, 0.3) is 0 Å². The van der Waals surface area contributed by atoms with E-state index in [1.54, 1.807) is 42.5 Å². The standard InChI is InChI=1S/C28H39Cl2N3O5S/c1-7-25(27(35)31-28(3,4)5)32(19-20-11-12-21(29)18-24(20)30)26(34)10-9-17-33(39(6,36)37)22-13-15-23(16-14-22)38-8-2/h11-16,18,25H,7-10,17,19H2,1-6H3,(H,31,35). The number of amides is 2. The molecule has 8 nitrogen and oxygen atoms in total. The topological polar surface area (TPSA) is 96.0 Å². The monoisotopic (exact) mass is 599 g/mol. The van der Waals surface area contributed by atoms with Gasteiger partial charge in [0.1, 0.15) is 11.8 Å². The molecule has 0 heterocycles. The highest BCUT2D eigenvalue weighted by Crippen LogP contribution is 2.25. The van der Waals surface area contributed by atoms with Crippen LogP contribution in [-0.4, -0.2) is 56.1 Å². The van der Waals surface area contributed by atoms with Gasteiger partial charge in [-0.1, -0.05) is 36.2 Å². The summed E-state index contributed by atoms with van der Waals surface area (Å²) in [5, 5.41) is 3.82. The van der Waals surface area contributed by atoms with Crippen molar-refractivity contribution in [3.63, 3.8) is 0 Å². The lowest BCUT2D eigenvalue weighted by Crippen LogP contribution is -2.53. The van der Waals surface area contributed by atoms with Crippen LogP contribution in [0, 0.1) is 0 Å². The summed E-state index contributed by atoms with van der Waals surface area (Å²) >= 11 is 12.5. The highest BCUT2D eigenvalue weighted by atomic mass is 35.5. The Bertz CT molecular complexity index is 1230. The van der Waals surface area contributed by atoms with Gasteiger partial charge in [0.2, 0.25) is 21.8 Å². The van der Waals surface area contributed by atoms with E-state index in [2.05, 4.69) is 5.32 Å². The average molecular weight is 601 g/mol. The third-order valence-electron chi connectivity index (χ3n) is 5.83. The van der Waals surface area contributed by atoms with Crippen molar-refractivity contribution in [2.24, 2.45) is 0 Å². The summed E-state index contributed by atoms with van der Waals surface area (Å²) < 4.78 is 31.8. The number of halogens is 2. The third-order valence-corrected chi connectivity index (χ3v) is 7.61. The number of carbonyl (C=O) groups is 2. The van der Waals surface area contributed by atoms with Gasteiger partial charge in [-0.15, -0.1) is 0 Å². The molecule has 216 valence electrons. The van der Waals surface area contributed by atoms with Gasteiger partial charge >= 0.3 is 0 Å². The van der Waals surface area contributed by atoms with Crippen molar-refractivity contribution in [3.8, 4) is 5.75 Å². The van der Waals surface area contributed by atoms with Crippen LogP contribution >= 0.6 is 23.2 Å². The highest BCUT2D eigenvalue weighted by Gasteiger charge is 2.31. The van der Waals surface area contributed by atoms with Crippen molar-refractivity contribution in [1.82, 2.24) is 10.2 Å². The molecule has 0 bridgehead atoms. The van der Waals surface area contributed by atoms with E-state index in [4.69, 9.17) is 27.9 Å². The number of carbonyl (C=O) groups excluding carboxylic acids is 2. The van der Waals surface area contributed by atoms with E-state index in [0.29, 0.717) is 40.1 Å². The van der Waals surface area contributed by atoms with E-state index in [0.717, 1.165) is 6.26 Å². The van der Waals surface area contributed by atoms with E-state index in [-0.39, 0.29) is 37.7 Å². The molecule has 0 aliphatic rings. The third kappa shape index (κ3) is 10.2. The molecule has 0 fully saturated rings. The zero-order chi connectivity index (χ0) is 29.4. The number of anilines is 1. The molecule has 2 rings (SSSR count). The predicted octanol–water partition coefficient (Wildman–Crippen LogP) is 5.66. The molecule has 0 aromatic heterocycles. The molecular formula is C28H39Cl2N3O5S. The molecule has 0 saturated heterocycles. The summed E-state index contributed by atoms with van der Waals surface area (Å²) in [5.74, 6) is 0.0909. The van der Waals surface area contributed by atoms with E-state index >= 15 is 0 Å². The fourth-order valence-corrected chi connectivity index (χ4v) is 5.52. The summed E-state index contributed by atoms with van der Waals surface area (Å²) in [7, 11) is -3.60. The van der Waals surface area contributed by atoms with Gasteiger partial charge in [0.15, 0.2) is 0 Å². The molecule has 2 amide bonds. The zero-order valence-corrected chi connectivity index (χ0v) is 25.8. The quantitative estimate of drug-likeness (QED) is 0.320. The summed E-state index contributed by atoms with van der Waals surface area (Å²) in [4.78, 5) is 28.3. The van der Waals surface area contributed by atoms with Crippen LogP contribution in [0.3, 0.4) is 0 Å². The highest BCUT2D eigenvalue weighted by molar-refractivity contribution is 7.92. The maximum atomic E-state index is 13.6. The lowest BCUT2D eigenvalue weighted by Gasteiger charge is -2.33. The first-order chi connectivity index (χ1) is 18.2. The predicted molar refractivity (Wildman–Crippen MR) is 158 cm³/mol. The minimum atomic E-state index is -3.60. The number of rotatable bonds is 13. The Hall–Kier alpha value is -2.49. The lowest BCUT2D eigenvalue weighted by molar-refractivity contribution is -0.142. The van der Waals surface area contributed by atoms with Gasteiger partial charge in [-0.3, -0.25) is 13.9 Å². The summed E-state index contributed by atoms with van der Waals surface area (Å²) in [6.07, 6.45) is 1.80. The lowest BCUT2D eigenvalue weighted by atomic mass is 10.0. The smallest absolute Gasteiger partial charge is 0.243 e. The maximum absolute atomic E-state index is 13.6. The Morgan fingerprint density at radius 1 is 1.05 bits per heavy atom. The maximum Gasteiger partial charge on any atom is 0.243 e. The van der Waals surface area contributed by atoms with Gasteiger partial charge in [0.25, 0.3) is 0 Å². The van der Waals surface area contributed by atoms with Gasteiger partial charge < -0.3 is 15.0 Å². The molecule has 39 heavy (non-hydrogen) atoms. The van der Waals surface area contributed by atoms with E-state index < -0.39 is 21.6 Å². The second-order valence-corrected chi connectivity index (χ2v) is 13.0. The van der Waals surface area contributed by atoms with Crippen LogP contribution in [0.15, 0.2) is 42.5 Å². The average Bonchev–Trinajstić information content (AvgIpc) is 2.82. The van der Waals surface area contributed by atoms with Gasteiger partial charge in [-0.05, 0) is 82.5 Å². The van der Waals surface area contributed by atoms with E-state index in [1.165, 1.54) is 9.21 Å². The second-order valence-electron chi connectivity index (χ2n) is 10.3. The summed E-state index contributed by atoms with van der Waals surface area (Å²) in [6, 6.07) is 11.0. The van der Waals surface area contributed by atoms with Crippen LogP contribution < -0.4 is 14.4 Å². The van der Waals surface area contributed by atoms with E-state index in [9.17, 15) is 18.0 Å². The van der Waals surface area contributed by atoms with Crippen molar-refractivity contribution in [2.45, 2.75) is 72.0 Å². The Kier molecular flexibility index (Phi) is 11.9. The normalized spacial score (nSPS) is 12.5. The van der Waals surface area contributed by atoms with Crippen LogP contribution in [-0.2, 0) is 26.2 Å². The molecule has 0 saturated carbocycles. The number of ether oxygens (including phenoxy) is 1. The number of hydrogen-bond acceptors (Lipinski definition) is 5. The zero-order valence-electron chi connectivity index (χ0n) is 23.5. The van der Waals surface area contributed by atoms with Crippen LogP contribution in [0.4, 0.5) is 5.69 Å². The van der Waals surface area contributed by atoms with Crippen LogP contribution in [0.2, 0.25) is 10.0 Å². The number of nitrogens with one attached hydrogen (secondary N) is 1. The second kappa shape index (κ2) is 14.2. The fourth-order valence-electron chi connectivity index (χ4n) is 4.09. The fraction of sp³-hybridized carbons (Fsp3) is 0.500. The molecule has 1 N–H and O–H groups in total. The molecule has 1 unspecified atom stereocenters. The van der Waals surface area contributed by atoms with Gasteiger partial charge in [-0.25, -0.2) is 8.42 Å². The Labute approximate surface area is 242 Å². The largest absolute Gasteiger partial charge is 0.494 e. The SMILES string of the molecule is CCOc1ccc(N(CCCC(=O)N(Cc2ccc(Cl)cc2Cl)C(CC)C(=O)NC(C)(C)C)S(C)(=O)=O)cc1. The molecule has 2 aromatic rings. The molecule has 0 aliphatic carbocycles. The molecular weight excluding hydrogens is 561 g/mol. The Morgan fingerprint density at radius 2 is 1.69 bits per heavy atom. The summed E-state index contributed by atoms with van der Waals surface area (Å²) in [6.45, 7) is 10.0. The Morgan fingerprint density at radius 3 is 2.21 bits per heavy atom. The number of sulfonamides is 1. The molecule has 0 aliphatic heterocycles. The van der Waals surface area contributed by atoms with Crippen molar-refractivity contribution in [3.05, 3.63) is 58.1 Å². The molecule has 1 atom stereocenters. The van der Waals surface area contributed by atoms with Crippen molar-refractivity contribution in [2.75, 3.05) is 23.7 Å². The van der Waals surface area contributed by atoms with Crippen LogP contribution in [0.5, 0.6) is 5.75 Å². The molecule has 0 radical (unpaired) electrons. The number of hydrogen-bond donors (Lipinski definition) is 1. The Balaban J connectivity index is 2.26. The molecule has 11 heteroatoms. The molecule has 0 spiro atoms. The minimum absolute atomic E-state index is 0.0353. The van der Waals surface area contributed by atoms with Crippen LogP contribution in [0.1, 0.15) is 59.4 Å². The van der Waals surface area contributed by atoms with Gasteiger partial charge in [0, 0.05) is 35.1 Å². The first-order valence-corrected chi connectivity index (χ1v) is 15.5. The van der Waals surface area contributed by atoms with E-state index in [1.807, 2.05) is 34.6 Å². The van der Waals surface area contributed by atoms with Crippen molar-refractivity contribution < 1.29 is 22.7 Å². The molecule has 2 aromatic carbocycles. The van der Waals surface area contributed by atoms with Crippen molar-refractivity contribution >= 4 is 50.7 Å². The summed E-state index contributed by atoms with van der Waals surface area (Å²) in [5.41, 5.74) is 0.656. The minimum Gasteiger partial charge on any atom is -0.494 e. The number of nitrogens with zero attached hydrogens (tertiary/aromatic N) is 2. The number of benzene rings is 2. The first kappa shape index (κ1) is 32.7. The van der Waals surface area contributed by atoms with Crippen molar-refractivity contribution in [1.29, 1.82) is 0 Å².